The van der Waals surface area contributed by atoms with Crippen LogP contribution in [0.1, 0.15) is 28.2 Å². The van der Waals surface area contributed by atoms with E-state index in [0.717, 1.165) is 17.2 Å². The zero-order valence-corrected chi connectivity index (χ0v) is 20.8. The van der Waals surface area contributed by atoms with Crippen LogP contribution < -0.4 is 9.64 Å². The van der Waals surface area contributed by atoms with Gasteiger partial charge in [0.15, 0.2) is 0 Å². The molecule has 4 nitrogen and oxygen atoms in total. The van der Waals surface area contributed by atoms with Gasteiger partial charge in [-0.1, -0.05) is 48.5 Å². The molecule has 0 radical (unpaired) electrons. The highest BCUT2D eigenvalue weighted by atomic mass is 19.4. The Hall–Kier alpha value is -3.32. The number of ether oxygens (including phenoxy) is 1. The van der Waals surface area contributed by atoms with E-state index in [9.17, 15) is 18.0 Å². The highest BCUT2D eigenvalue weighted by Gasteiger charge is 2.42. The first-order chi connectivity index (χ1) is 17.2. The highest BCUT2D eigenvalue weighted by Crippen LogP contribution is 2.44. The summed E-state index contributed by atoms with van der Waals surface area (Å²) in [6.45, 7) is 0.841. The van der Waals surface area contributed by atoms with Crippen LogP contribution in [0.5, 0.6) is 5.75 Å². The first-order valence-electron chi connectivity index (χ1n) is 12.0. The number of amides is 1. The summed E-state index contributed by atoms with van der Waals surface area (Å²) in [4.78, 5) is 17.7. The Kier molecular flexibility index (Phi) is 7.69. The molecule has 0 fully saturated rings. The standard InChI is InChI=1S/C29H31F3N2O2/c1-33(2)16-17-34-27-11-7-10-26(29(30,31)32)25(27)19-23(21-12-14-22(36-3)15-13-21)24(28(34)35)18-20-8-5-4-6-9-20/h4-15,23-24H,16-19H2,1-3H3/t23-,24+/m0/s1. The number of hydrogen-bond acceptors (Lipinski definition) is 3. The minimum Gasteiger partial charge on any atom is -0.497 e. The lowest BCUT2D eigenvalue weighted by molar-refractivity contribution is -0.138. The minimum atomic E-state index is -4.52. The number of hydrogen-bond donors (Lipinski definition) is 0. The van der Waals surface area contributed by atoms with Crippen molar-refractivity contribution in [2.75, 3.05) is 39.2 Å². The molecule has 3 aromatic rings. The molecule has 4 rings (SSSR count). The Labute approximate surface area is 210 Å². The number of nitrogens with zero attached hydrogens (tertiary/aromatic N) is 2. The van der Waals surface area contributed by atoms with Gasteiger partial charge in [0.1, 0.15) is 5.75 Å². The third-order valence-electron chi connectivity index (χ3n) is 6.85. The number of alkyl halides is 3. The van der Waals surface area contributed by atoms with Gasteiger partial charge in [0.25, 0.3) is 0 Å². The van der Waals surface area contributed by atoms with Gasteiger partial charge >= 0.3 is 6.18 Å². The second-order valence-corrected chi connectivity index (χ2v) is 9.47. The largest absolute Gasteiger partial charge is 0.497 e. The lowest BCUT2D eigenvalue weighted by Crippen LogP contribution is -2.41. The van der Waals surface area contributed by atoms with Crippen LogP contribution in [0.2, 0.25) is 0 Å². The van der Waals surface area contributed by atoms with Crippen LogP contribution in [0.3, 0.4) is 0 Å². The van der Waals surface area contributed by atoms with E-state index in [2.05, 4.69) is 0 Å². The van der Waals surface area contributed by atoms with Gasteiger partial charge in [-0.25, -0.2) is 0 Å². The molecule has 0 unspecified atom stereocenters. The summed E-state index contributed by atoms with van der Waals surface area (Å²) in [5.41, 5.74) is 1.65. The molecular weight excluding hydrogens is 465 g/mol. The molecule has 7 heteroatoms. The summed E-state index contributed by atoms with van der Waals surface area (Å²) in [7, 11) is 5.34. The number of methoxy groups -OCH3 is 1. The summed E-state index contributed by atoms with van der Waals surface area (Å²) in [5, 5.41) is 0. The van der Waals surface area contributed by atoms with Crippen molar-refractivity contribution in [3.8, 4) is 5.75 Å². The van der Waals surface area contributed by atoms with E-state index in [4.69, 9.17) is 4.74 Å². The summed E-state index contributed by atoms with van der Waals surface area (Å²) >= 11 is 0. The molecule has 1 amide bonds. The average Bonchev–Trinajstić information content (AvgIpc) is 2.97. The van der Waals surface area contributed by atoms with Gasteiger partial charge in [-0.15, -0.1) is 0 Å². The van der Waals surface area contributed by atoms with E-state index in [-0.39, 0.29) is 17.9 Å². The molecule has 3 aromatic carbocycles. The first kappa shape index (κ1) is 25.8. The van der Waals surface area contributed by atoms with Crippen LogP contribution in [0, 0.1) is 5.92 Å². The number of carbonyl (C=O) groups excluding carboxylic acids is 1. The Bertz CT molecular complexity index is 1180. The van der Waals surface area contributed by atoms with Crippen molar-refractivity contribution >= 4 is 11.6 Å². The Morgan fingerprint density at radius 3 is 2.28 bits per heavy atom. The molecular formula is C29H31F3N2O2. The van der Waals surface area contributed by atoms with E-state index in [1.165, 1.54) is 6.07 Å². The van der Waals surface area contributed by atoms with Crippen molar-refractivity contribution in [1.82, 2.24) is 4.90 Å². The van der Waals surface area contributed by atoms with Crippen LogP contribution >= 0.6 is 0 Å². The van der Waals surface area contributed by atoms with Crippen molar-refractivity contribution in [1.29, 1.82) is 0 Å². The number of rotatable bonds is 7. The minimum absolute atomic E-state index is 0.110. The molecule has 1 heterocycles. The van der Waals surface area contributed by atoms with E-state index in [1.54, 1.807) is 30.2 Å². The smallest absolute Gasteiger partial charge is 0.416 e. The van der Waals surface area contributed by atoms with Crippen LogP contribution in [0.15, 0.2) is 72.8 Å². The Balaban J connectivity index is 1.88. The molecule has 1 aliphatic heterocycles. The van der Waals surface area contributed by atoms with Crippen molar-refractivity contribution in [2.45, 2.75) is 24.9 Å². The maximum atomic E-state index is 14.2. The van der Waals surface area contributed by atoms with Crippen molar-refractivity contribution in [3.63, 3.8) is 0 Å². The fourth-order valence-corrected chi connectivity index (χ4v) is 4.99. The fraction of sp³-hybridized carbons (Fsp3) is 0.345. The highest BCUT2D eigenvalue weighted by molar-refractivity contribution is 5.97. The van der Waals surface area contributed by atoms with Crippen LogP contribution in [0.4, 0.5) is 18.9 Å². The van der Waals surface area contributed by atoms with Gasteiger partial charge in [0.2, 0.25) is 5.91 Å². The molecule has 0 aliphatic carbocycles. The third-order valence-corrected chi connectivity index (χ3v) is 6.85. The topological polar surface area (TPSA) is 32.8 Å². The van der Waals surface area contributed by atoms with E-state index in [1.807, 2.05) is 61.5 Å². The average molecular weight is 497 g/mol. The zero-order chi connectivity index (χ0) is 25.9. The van der Waals surface area contributed by atoms with Crippen LogP contribution in [0.25, 0.3) is 0 Å². The lowest BCUT2D eigenvalue weighted by Gasteiger charge is -2.30. The number of anilines is 1. The Morgan fingerprint density at radius 2 is 1.67 bits per heavy atom. The number of halogens is 3. The summed E-state index contributed by atoms with van der Waals surface area (Å²) in [6, 6.07) is 21.1. The van der Waals surface area contributed by atoms with E-state index < -0.39 is 23.6 Å². The fourth-order valence-electron chi connectivity index (χ4n) is 4.99. The summed E-state index contributed by atoms with van der Waals surface area (Å²) < 4.78 is 47.9. The maximum Gasteiger partial charge on any atom is 0.416 e. The molecule has 0 aromatic heterocycles. The molecule has 0 N–H and O–H groups in total. The van der Waals surface area contributed by atoms with Crippen molar-refractivity contribution in [2.24, 2.45) is 5.92 Å². The zero-order valence-electron chi connectivity index (χ0n) is 20.8. The SMILES string of the molecule is COc1ccc([C@@H]2Cc3c(cccc3C(F)(F)F)N(CCN(C)C)C(=O)[C@@H]2Cc2ccccc2)cc1. The summed E-state index contributed by atoms with van der Waals surface area (Å²) in [6.07, 6.45) is -3.98. The number of benzene rings is 3. The maximum absolute atomic E-state index is 14.2. The molecule has 0 saturated heterocycles. The van der Waals surface area contributed by atoms with Gasteiger partial charge < -0.3 is 14.5 Å². The van der Waals surface area contributed by atoms with Crippen LogP contribution in [-0.4, -0.2) is 45.1 Å². The molecule has 0 bridgehead atoms. The quantitative estimate of drug-likeness (QED) is 0.414. The van der Waals surface area contributed by atoms with Gasteiger partial charge in [0.05, 0.1) is 12.7 Å². The molecule has 0 spiro atoms. The predicted octanol–water partition coefficient (Wildman–Crippen LogP) is 5.81. The molecule has 1 aliphatic rings. The number of fused-ring (bicyclic) bond motifs is 1. The molecule has 2 atom stereocenters. The van der Waals surface area contributed by atoms with Gasteiger partial charge in [0, 0.05) is 24.7 Å². The number of carbonyl (C=O) groups is 1. The first-order valence-corrected chi connectivity index (χ1v) is 12.0. The number of likely N-dealkylation sites (N-methyl/N-ethyl adjacent to an activating group) is 1. The van der Waals surface area contributed by atoms with Gasteiger partial charge in [-0.3, -0.25) is 4.79 Å². The van der Waals surface area contributed by atoms with E-state index >= 15 is 0 Å². The molecule has 0 saturated carbocycles. The summed E-state index contributed by atoms with van der Waals surface area (Å²) in [5.74, 6) is -0.464. The van der Waals surface area contributed by atoms with Gasteiger partial charge in [-0.05, 0) is 73.8 Å². The second-order valence-electron chi connectivity index (χ2n) is 9.47. The van der Waals surface area contributed by atoms with E-state index in [0.29, 0.717) is 30.9 Å². The second kappa shape index (κ2) is 10.7. The lowest BCUT2D eigenvalue weighted by atomic mass is 9.78. The van der Waals surface area contributed by atoms with Crippen molar-refractivity contribution < 1.29 is 22.7 Å². The molecule has 36 heavy (non-hydrogen) atoms. The third kappa shape index (κ3) is 5.57. The predicted molar refractivity (Wildman–Crippen MR) is 135 cm³/mol. The molecule has 190 valence electrons. The van der Waals surface area contributed by atoms with Crippen LogP contribution in [-0.2, 0) is 23.8 Å². The van der Waals surface area contributed by atoms with Gasteiger partial charge in [-0.2, -0.15) is 13.2 Å². The normalized spacial score (nSPS) is 18.2. The van der Waals surface area contributed by atoms with Crippen molar-refractivity contribution in [3.05, 3.63) is 95.1 Å². The monoisotopic (exact) mass is 496 g/mol. The Morgan fingerprint density at radius 1 is 0.972 bits per heavy atom.